The summed E-state index contributed by atoms with van der Waals surface area (Å²) in [7, 11) is -3.57. The average molecular weight is 543 g/mol. The van der Waals surface area contributed by atoms with Gasteiger partial charge in [-0.05, 0) is 50.3 Å². The number of halogens is 1. The van der Waals surface area contributed by atoms with Crippen molar-refractivity contribution in [2.75, 3.05) is 45.1 Å². The van der Waals surface area contributed by atoms with E-state index in [1.54, 1.807) is 35.8 Å². The maximum absolute atomic E-state index is 13.5. The smallest absolute Gasteiger partial charge is 0.325 e. The van der Waals surface area contributed by atoms with E-state index in [1.807, 2.05) is 6.92 Å². The van der Waals surface area contributed by atoms with Crippen LogP contribution in [-0.4, -0.2) is 91.6 Å². The van der Waals surface area contributed by atoms with E-state index in [4.69, 9.17) is 4.74 Å². The van der Waals surface area contributed by atoms with Gasteiger partial charge in [0, 0.05) is 32.2 Å². The summed E-state index contributed by atoms with van der Waals surface area (Å²) in [5.74, 6) is -1.26. The predicted octanol–water partition coefficient (Wildman–Crippen LogP) is 2.34. The van der Waals surface area contributed by atoms with Crippen molar-refractivity contribution in [1.29, 1.82) is 0 Å². The number of carbonyl (C=O) groups is 3. The molecule has 0 unspecified atom stereocenters. The van der Waals surface area contributed by atoms with Gasteiger partial charge in [-0.3, -0.25) is 9.59 Å². The van der Waals surface area contributed by atoms with Crippen LogP contribution in [0.1, 0.15) is 52.0 Å². The predicted molar refractivity (Wildman–Crippen MR) is 138 cm³/mol. The van der Waals surface area contributed by atoms with Gasteiger partial charge in [0.15, 0.2) is 0 Å². The molecule has 1 aliphatic heterocycles. The van der Waals surface area contributed by atoms with Crippen LogP contribution in [0.25, 0.3) is 0 Å². The number of benzene rings is 1. The number of hydrogen-bond acceptors (Lipinski definition) is 6. The summed E-state index contributed by atoms with van der Waals surface area (Å²) in [5, 5.41) is 2.54. The fourth-order valence-electron chi connectivity index (χ4n) is 4.25. The minimum Gasteiger partial charge on any atom is -0.465 e. The molecular weight excluding hydrogens is 503 g/mol. The Bertz CT molecular complexity index is 997. The van der Waals surface area contributed by atoms with Crippen LogP contribution in [0.3, 0.4) is 0 Å². The molecule has 0 bridgehead atoms. The van der Waals surface area contributed by atoms with Crippen molar-refractivity contribution in [3.8, 4) is 0 Å². The molecule has 1 saturated heterocycles. The van der Waals surface area contributed by atoms with E-state index in [0.717, 1.165) is 5.56 Å². The fourth-order valence-corrected chi connectivity index (χ4v) is 5.80. The van der Waals surface area contributed by atoms with Crippen molar-refractivity contribution in [2.24, 2.45) is 0 Å². The lowest BCUT2D eigenvalue weighted by Gasteiger charge is -2.39. The summed E-state index contributed by atoms with van der Waals surface area (Å²) >= 11 is 0. The topological polar surface area (TPSA) is 116 Å². The maximum Gasteiger partial charge on any atom is 0.325 e. The van der Waals surface area contributed by atoms with Crippen molar-refractivity contribution >= 4 is 27.9 Å². The number of nitrogens with one attached hydrogen (secondary N) is 1. The van der Waals surface area contributed by atoms with Crippen LogP contribution in [0.4, 0.5) is 9.18 Å². The lowest BCUT2D eigenvalue weighted by atomic mass is 10.0. The van der Waals surface area contributed by atoms with Crippen molar-refractivity contribution in [2.45, 2.75) is 59.0 Å². The molecule has 1 heterocycles. The third-order valence-electron chi connectivity index (χ3n) is 6.11. The Hall–Kier alpha value is -2.73. The number of esters is 1. The number of hydrogen-bond donors (Lipinski definition) is 1. The highest BCUT2D eigenvalue weighted by atomic mass is 32.2. The molecule has 0 atom stereocenters. The Kier molecular flexibility index (Phi) is 12.3. The molecule has 3 amide bonds. The van der Waals surface area contributed by atoms with Crippen molar-refractivity contribution in [3.63, 3.8) is 0 Å². The highest BCUT2D eigenvalue weighted by molar-refractivity contribution is 7.89. The number of likely N-dealkylation sites (tertiary alicyclic amines) is 1. The number of sulfonamides is 1. The molecule has 208 valence electrons. The van der Waals surface area contributed by atoms with Gasteiger partial charge in [0.25, 0.3) is 0 Å². The molecule has 1 aromatic carbocycles. The van der Waals surface area contributed by atoms with E-state index in [-0.39, 0.29) is 62.3 Å². The number of ether oxygens (including phenoxy) is 1. The minimum atomic E-state index is -3.57. The van der Waals surface area contributed by atoms with Crippen LogP contribution in [0.5, 0.6) is 0 Å². The molecule has 0 aliphatic carbocycles. The van der Waals surface area contributed by atoms with E-state index in [0.29, 0.717) is 38.8 Å². The zero-order valence-corrected chi connectivity index (χ0v) is 22.8. The van der Waals surface area contributed by atoms with Crippen LogP contribution in [-0.2, 0) is 30.9 Å². The van der Waals surface area contributed by atoms with E-state index in [2.05, 4.69) is 5.32 Å². The summed E-state index contributed by atoms with van der Waals surface area (Å²) in [6.45, 7) is 6.23. The van der Waals surface area contributed by atoms with Crippen molar-refractivity contribution < 1.29 is 31.9 Å². The lowest BCUT2D eigenvalue weighted by molar-refractivity contribution is -0.142. The summed E-state index contributed by atoms with van der Waals surface area (Å²) in [4.78, 5) is 40.7. The first kappa shape index (κ1) is 30.5. The van der Waals surface area contributed by atoms with Gasteiger partial charge in [0.2, 0.25) is 15.9 Å². The number of piperidine rings is 1. The number of carbonyl (C=O) groups excluding carboxylic acids is 3. The van der Waals surface area contributed by atoms with Gasteiger partial charge < -0.3 is 19.9 Å². The second-order valence-corrected chi connectivity index (χ2v) is 11.1. The largest absolute Gasteiger partial charge is 0.465 e. The number of rotatable bonds is 13. The van der Waals surface area contributed by atoms with Gasteiger partial charge in [-0.25, -0.2) is 17.6 Å². The second-order valence-electron chi connectivity index (χ2n) is 8.98. The van der Waals surface area contributed by atoms with E-state index in [1.165, 1.54) is 16.4 Å². The third kappa shape index (κ3) is 9.58. The highest BCUT2D eigenvalue weighted by Gasteiger charge is 2.32. The number of amides is 3. The van der Waals surface area contributed by atoms with E-state index >= 15 is 0 Å². The van der Waals surface area contributed by atoms with Crippen LogP contribution in [0.2, 0.25) is 0 Å². The van der Waals surface area contributed by atoms with Gasteiger partial charge >= 0.3 is 12.0 Å². The summed E-state index contributed by atoms with van der Waals surface area (Å²) in [6, 6.07) is 5.23. The minimum absolute atomic E-state index is 0.0302. The van der Waals surface area contributed by atoms with Crippen molar-refractivity contribution in [1.82, 2.24) is 19.4 Å². The van der Waals surface area contributed by atoms with Crippen molar-refractivity contribution in [3.05, 3.63) is 35.6 Å². The molecule has 1 aromatic rings. The highest BCUT2D eigenvalue weighted by Crippen LogP contribution is 2.21. The van der Waals surface area contributed by atoms with Gasteiger partial charge in [-0.15, -0.1) is 0 Å². The monoisotopic (exact) mass is 542 g/mol. The van der Waals surface area contributed by atoms with Crippen LogP contribution >= 0.6 is 0 Å². The third-order valence-corrected chi connectivity index (χ3v) is 8.13. The zero-order chi connectivity index (χ0) is 27.4. The molecule has 12 heteroatoms. The maximum atomic E-state index is 13.5. The SMILES string of the molecule is CCCN(CC(=O)N(Cc1ccc(F)cc1)C1CCN(C(=O)NCC(=O)OCC)CC1)S(=O)(=O)CCC. The molecule has 0 radical (unpaired) electrons. The van der Waals surface area contributed by atoms with Crippen LogP contribution in [0, 0.1) is 5.82 Å². The fraction of sp³-hybridized carbons (Fsp3) is 0.640. The Labute approximate surface area is 219 Å². The van der Waals surface area contributed by atoms with Crippen LogP contribution < -0.4 is 5.32 Å². The Morgan fingerprint density at radius 3 is 2.30 bits per heavy atom. The molecule has 1 N–H and O–H groups in total. The Balaban J connectivity index is 2.13. The molecule has 10 nitrogen and oxygen atoms in total. The lowest BCUT2D eigenvalue weighted by Crippen LogP contribution is -2.53. The Morgan fingerprint density at radius 2 is 1.73 bits per heavy atom. The first-order valence-electron chi connectivity index (χ1n) is 12.8. The molecule has 37 heavy (non-hydrogen) atoms. The molecule has 0 spiro atoms. The quantitative estimate of drug-likeness (QED) is 0.383. The summed E-state index contributed by atoms with van der Waals surface area (Å²) in [5.41, 5.74) is 0.725. The van der Waals surface area contributed by atoms with E-state index < -0.39 is 16.0 Å². The second kappa shape index (κ2) is 14.9. The summed E-state index contributed by atoms with van der Waals surface area (Å²) < 4.78 is 45.0. The number of urea groups is 1. The Morgan fingerprint density at radius 1 is 1.08 bits per heavy atom. The average Bonchev–Trinajstić information content (AvgIpc) is 2.87. The summed E-state index contributed by atoms with van der Waals surface area (Å²) in [6.07, 6.45) is 1.99. The number of nitrogens with zero attached hydrogens (tertiary/aromatic N) is 3. The molecule has 0 aromatic heterocycles. The molecule has 0 saturated carbocycles. The molecule has 1 aliphatic rings. The molecule has 1 fully saturated rings. The molecular formula is C25H39FN4O6S. The van der Waals surface area contributed by atoms with Crippen LogP contribution in [0.15, 0.2) is 24.3 Å². The normalized spacial score (nSPS) is 14.5. The van der Waals surface area contributed by atoms with Gasteiger partial charge in [-0.1, -0.05) is 26.0 Å². The van der Waals surface area contributed by atoms with Gasteiger partial charge in [0.1, 0.15) is 12.4 Å². The standard InChI is InChI=1S/C25H39FN4O6S/c1-4-13-29(37(34,35)16-5-2)19-23(31)30(18-20-7-9-21(26)10-8-20)22-11-14-28(15-12-22)25(33)27-17-24(32)36-6-3/h7-10,22H,4-6,11-19H2,1-3H3,(H,27,33). The first-order valence-corrected chi connectivity index (χ1v) is 14.4. The zero-order valence-electron chi connectivity index (χ0n) is 21.9. The molecule has 2 rings (SSSR count). The van der Waals surface area contributed by atoms with Gasteiger partial charge in [0.05, 0.1) is 18.9 Å². The van der Waals surface area contributed by atoms with E-state index in [9.17, 15) is 27.2 Å². The first-order chi connectivity index (χ1) is 17.6. The van der Waals surface area contributed by atoms with Gasteiger partial charge in [-0.2, -0.15) is 4.31 Å².